The molecule has 1 fully saturated rings. The minimum Gasteiger partial charge on any atom is -0.376 e. The van der Waals surface area contributed by atoms with Crippen molar-refractivity contribution in [1.29, 1.82) is 0 Å². The summed E-state index contributed by atoms with van der Waals surface area (Å²) in [6.45, 7) is 0.970. The Hall–Kier alpha value is -2.89. The Morgan fingerprint density at radius 1 is 1.33 bits per heavy atom. The van der Waals surface area contributed by atoms with Gasteiger partial charge in [0.1, 0.15) is 21.2 Å². The van der Waals surface area contributed by atoms with Gasteiger partial charge in [-0.15, -0.1) is 11.3 Å². The number of fused-ring (bicyclic) bond motifs is 3. The Morgan fingerprint density at radius 3 is 3.03 bits per heavy atom. The summed E-state index contributed by atoms with van der Waals surface area (Å²) < 4.78 is 35.0. The number of aromatic nitrogens is 3. The maximum absolute atomic E-state index is 13.9. The Morgan fingerprint density at radius 2 is 2.21 bits per heavy atom. The summed E-state index contributed by atoms with van der Waals surface area (Å²) in [6, 6.07) is 6.47. The van der Waals surface area contributed by atoms with Crippen molar-refractivity contribution in [3.8, 4) is 0 Å². The first-order chi connectivity index (χ1) is 16.0. The van der Waals surface area contributed by atoms with E-state index in [-0.39, 0.29) is 23.1 Å². The van der Waals surface area contributed by atoms with Gasteiger partial charge in [0.2, 0.25) is 5.91 Å². The van der Waals surface area contributed by atoms with Crippen molar-refractivity contribution >= 4 is 55.1 Å². The second-order valence-corrected chi connectivity index (χ2v) is 9.48. The molecule has 0 saturated carbocycles. The van der Waals surface area contributed by atoms with E-state index in [4.69, 9.17) is 9.72 Å². The topological polar surface area (TPSA) is 86.1 Å². The van der Waals surface area contributed by atoms with Crippen LogP contribution in [0.5, 0.6) is 0 Å². The van der Waals surface area contributed by atoms with Crippen molar-refractivity contribution in [3.05, 3.63) is 58.5 Å². The molecule has 1 aliphatic rings. The van der Waals surface area contributed by atoms with Gasteiger partial charge < -0.3 is 10.1 Å². The third-order valence-electron chi connectivity index (χ3n) is 5.26. The number of thiophene rings is 1. The average Bonchev–Trinajstić information content (AvgIpc) is 3.45. The maximum atomic E-state index is 13.9. The molecular formula is C22H18F2N4O3S2. The van der Waals surface area contributed by atoms with E-state index >= 15 is 0 Å². The number of hydrogen-bond donors (Lipinski definition) is 1. The number of nitrogens with one attached hydrogen (secondary N) is 1. The second kappa shape index (κ2) is 9.16. The molecule has 5 rings (SSSR count). The number of carbonyl (C=O) groups excluding carboxylic acids is 1. The molecule has 0 bridgehead atoms. The normalized spacial score (nSPS) is 16.0. The monoisotopic (exact) mass is 488 g/mol. The molecule has 0 spiro atoms. The predicted molar refractivity (Wildman–Crippen MR) is 124 cm³/mol. The number of rotatable bonds is 6. The lowest BCUT2D eigenvalue weighted by atomic mass is 10.2. The summed E-state index contributed by atoms with van der Waals surface area (Å²) in [4.78, 5) is 35.6. The van der Waals surface area contributed by atoms with Gasteiger partial charge in [0, 0.05) is 24.3 Å². The van der Waals surface area contributed by atoms with E-state index in [2.05, 4.69) is 10.3 Å². The third kappa shape index (κ3) is 4.48. The minimum atomic E-state index is -0.734. The van der Waals surface area contributed by atoms with E-state index < -0.39 is 17.5 Å². The summed E-state index contributed by atoms with van der Waals surface area (Å²) in [5, 5.41) is 3.50. The largest absolute Gasteiger partial charge is 0.376 e. The molecule has 3 aromatic heterocycles. The van der Waals surface area contributed by atoms with Gasteiger partial charge in [-0.2, -0.15) is 0 Å². The zero-order chi connectivity index (χ0) is 22.9. The lowest BCUT2D eigenvalue weighted by molar-refractivity contribution is -0.113. The summed E-state index contributed by atoms with van der Waals surface area (Å²) in [5.74, 6) is -2.07. The Kier molecular flexibility index (Phi) is 6.09. The number of hydrogen-bond acceptors (Lipinski definition) is 7. The van der Waals surface area contributed by atoms with E-state index in [1.54, 1.807) is 12.3 Å². The van der Waals surface area contributed by atoms with Crippen molar-refractivity contribution in [2.45, 2.75) is 30.6 Å². The van der Waals surface area contributed by atoms with E-state index in [1.165, 1.54) is 15.9 Å². The van der Waals surface area contributed by atoms with Gasteiger partial charge in [-0.25, -0.2) is 18.7 Å². The smallest absolute Gasteiger partial charge is 0.272 e. The SMILES string of the molecule is O=C(CSc1nc2c(sc3ncccc32)c(=O)n1C[C@H]1CCCO1)Nc1cc(F)ccc1F. The van der Waals surface area contributed by atoms with Gasteiger partial charge in [-0.1, -0.05) is 11.8 Å². The highest BCUT2D eigenvalue weighted by Crippen LogP contribution is 2.31. The van der Waals surface area contributed by atoms with Crippen LogP contribution in [0.2, 0.25) is 0 Å². The molecule has 4 heterocycles. The standard InChI is InChI=1S/C22H18F2N4O3S2/c23-12-5-6-15(24)16(9-12)26-17(29)11-32-22-27-18-14-4-1-7-25-20(14)33-19(18)21(30)28(22)10-13-3-2-8-31-13/h1,4-7,9,13H,2-3,8,10-11H2,(H,26,29)/t13-/m1/s1. The molecule has 7 nitrogen and oxygen atoms in total. The number of anilines is 1. The van der Waals surface area contributed by atoms with E-state index in [9.17, 15) is 18.4 Å². The Balaban J connectivity index is 1.47. The lowest BCUT2D eigenvalue weighted by Gasteiger charge is -2.15. The first-order valence-electron chi connectivity index (χ1n) is 10.3. The molecule has 0 radical (unpaired) electrons. The lowest BCUT2D eigenvalue weighted by Crippen LogP contribution is -2.28. The predicted octanol–water partition coefficient (Wildman–Crippen LogP) is 4.19. The van der Waals surface area contributed by atoms with Gasteiger partial charge in [0.05, 0.1) is 29.6 Å². The van der Waals surface area contributed by atoms with Crippen LogP contribution in [0.1, 0.15) is 12.8 Å². The van der Waals surface area contributed by atoms with Crippen molar-refractivity contribution in [2.24, 2.45) is 0 Å². The van der Waals surface area contributed by atoms with Crippen LogP contribution in [0.25, 0.3) is 20.4 Å². The number of nitrogens with zero attached hydrogens (tertiary/aromatic N) is 3. The van der Waals surface area contributed by atoms with Crippen molar-refractivity contribution < 1.29 is 18.3 Å². The maximum Gasteiger partial charge on any atom is 0.272 e. The number of carbonyl (C=O) groups is 1. The number of benzene rings is 1. The van der Waals surface area contributed by atoms with Gasteiger partial charge in [0.15, 0.2) is 5.16 Å². The van der Waals surface area contributed by atoms with Gasteiger partial charge in [-0.3, -0.25) is 14.2 Å². The van der Waals surface area contributed by atoms with Crippen LogP contribution in [-0.2, 0) is 16.1 Å². The fourth-order valence-corrected chi connectivity index (χ4v) is 5.55. The molecule has 1 atom stereocenters. The summed E-state index contributed by atoms with van der Waals surface area (Å²) in [5.41, 5.74) is 0.0871. The minimum absolute atomic E-state index is 0.107. The second-order valence-electron chi connectivity index (χ2n) is 7.54. The summed E-state index contributed by atoms with van der Waals surface area (Å²) in [6.07, 6.45) is 3.31. The number of amides is 1. The van der Waals surface area contributed by atoms with Crippen LogP contribution < -0.4 is 10.9 Å². The quantitative estimate of drug-likeness (QED) is 0.324. The van der Waals surface area contributed by atoms with Crippen molar-refractivity contribution in [1.82, 2.24) is 14.5 Å². The fourth-order valence-electron chi connectivity index (χ4n) is 3.71. The van der Waals surface area contributed by atoms with Crippen molar-refractivity contribution in [2.75, 3.05) is 17.7 Å². The molecule has 1 amide bonds. The molecule has 1 aromatic carbocycles. The van der Waals surface area contributed by atoms with Crippen LogP contribution >= 0.6 is 23.1 Å². The first kappa shape index (κ1) is 21.9. The van der Waals surface area contributed by atoms with E-state index in [0.29, 0.717) is 33.4 Å². The summed E-state index contributed by atoms with van der Waals surface area (Å²) in [7, 11) is 0. The molecule has 33 heavy (non-hydrogen) atoms. The molecule has 1 saturated heterocycles. The van der Waals surface area contributed by atoms with E-state index in [1.807, 2.05) is 6.07 Å². The molecule has 170 valence electrons. The number of halogens is 2. The molecule has 1 N–H and O–H groups in total. The third-order valence-corrected chi connectivity index (χ3v) is 7.33. The van der Waals surface area contributed by atoms with Gasteiger partial charge >= 0.3 is 0 Å². The summed E-state index contributed by atoms with van der Waals surface area (Å²) >= 11 is 2.35. The number of ether oxygens (including phenoxy) is 1. The van der Waals surface area contributed by atoms with Crippen LogP contribution in [0.15, 0.2) is 46.5 Å². The molecule has 4 aromatic rings. The van der Waals surface area contributed by atoms with Crippen LogP contribution in [0.3, 0.4) is 0 Å². The molecule has 0 unspecified atom stereocenters. The van der Waals surface area contributed by atoms with Gasteiger partial charge in [0.25, 0.3) is 5.56 Å². The highest BCUT2D eigenvalue weighted by Gasteiger charge is 2.22. The molecule has 11 heteroatoms. The fraction of sp³-hybridized carbons (Fsp3) is 0.273. The van der Waals surface area contributed by atoms with E-state index in [0.717, 1.165) is 48.2 Å². The average molecular weight is 489 g/mol. The number of thioether (sulfide) groups is 1. The molecular weight excluding hydrogens is 470 g/mol. The highest BCUT2D eigenvalue weighted by molar-refractivity contribution is 7.99. The Bertz CT molecular complexity index is 1420. The van der Waals surface area contributed by atoms with Crippen molar-refractivity contribution in [3.63, 3.8) is 0 Å². The zero-order valence-corrected chi connectivity index (χ0v) is 18.8. The van der Waals surface area contributed by atoms with Crippen LogP contribution in [0, 0.1) is 11.6 Å². The highest BCUT2D eigenvalue weighted by atomic mass is 32.2. The van der Waals surface area contributed by atoms with Crippen LogP contribution in [0.4, 0.5) is 14.5 Å². The number of pyridine rings is 1. The molecule has 1 aliphatic heterocycles. The molecule has 0 aliphatic carbocycles. The van der Waals surface area contributed by atoms with Crippen LogP contribution in [-0.4, -0.2) is 38.9 Å². The zero-order valence-electron chi connectivity index (χ0n) is 17.2. The first-order valence-corrected chi connectivity index (χ1v) is 12.1. The van der Waals surface area contributed by atoms with Gasteiger partial charge in [-0.05, 0) is 37.1 Å². The Labute approximate surface area is 194 Å².